The molecule has 4 rings (SSSR count). The van der Waals surface area contributed by atoms with Crippen molar-refractivity contribution in [1.82, 2.24) is 19.5 Å². The van der Waals surface area contributed by atoms with Crippen LogP contribution in [0, 0.1) is 31.0 Å². The van der Waals surface area contributed by atoms with E-state index in [1.165, 1.54) is 10.6 Å². The molecule has 0 saturated heterocycles. The molecular formula is C23H20ClFN8O. The molecule has 5 N–H and O–H groups in total. The van der Waals surface area contributed by atoms with E-state index in [9.17, 15) is 14.4 Å². The maximum Gasteiger partial charge on any atom is 0.267 e. The fourth-order valence-electron chi connectivity index (χ4n) is 3.69. The minimum Gasteiger partial charge on any atom is -0.382 e. The van der Waals surface area contributed by atoms with Gasteiger partial charge in [0.2, 0.25) is 5.95 Å². The van der Waals surface area contributed by atoms with Crippen molar-refractivity contribution in [1.29, 1.82) is 5.26 Å². The van der Waals surface area contributed by atoms with Crippen LogP contribution in [0.4, 0.5) is 22.0 Å². The summed E-state index contributed by atoms with van der Waals surface area (Å²) in [6, 6.07) is 9.83. The number of halogens is 2. The number of benzene rings is 2. The maximum absolute atomic E-state index is 14.1. The lowest BCUT2D eigenvalue weighted by Gasteiger charge is -2.18. The fraction of sp³-hybridized carbons (Fsp3) is 0.174. The Labute approximate surface area is 198 Å². The Morgan fingerprint density at radius 2 is 1.91 bits per heavy atom. The van der Waals surface area contributed by atoms with Gasteiger partial charge in [0, 0.05) is 13.0 Å². The summed E-state index contributed by atoms with van der Waals surface area (Å²) in [6.45, 7) is 3.63. The maximum atomic E-state index is 14.1. The number of aromatic nitrogens is 4. The van der Waals surface area contributed by atoms with E-state index in [0.29, 0.717) is 28.2 Å². The summed E-state index contributed by atoms with van der Waals surface area (Å²) in [4.78, 5) is 26.1. The number of rotatable bonds is 5. The number of nitrogens with two attached hydrogens (primary N) is 2. The highest BCUT2D eigenvalue weighted by atomic mass is 35.5. The highest BCUT2D eigenvalue weighted by Gasteiger charge is 2.18. The molecule has 0 unspecified atom stereocenters. The smallest absolute Gasteiger partial charge is 0.267 e. The van der Waals surface area contributed by atoms with Crippen molar-refractivity contribution < 1.29 is 4.39 Å². The number of nitriles is 1. The average Bonchev–Trinajstić information content (AvgIpc) is 2.78. The molecule has 0 aliphatic rings. The van der Waals surface area contributed by atoms with Gasteiger partial charge < -0.3 is 16.8 Å². The van der Waals surface area contributed by atoms with Gasteiger partial charge in [0.05, 0.1) is 21.6 Å². The zero-order valence-electron chi connectivity index (χ0n) is 18.4. The van der Waals surface area contributed by atoms with Gasteiger partial charge in [-0.15, -0.1) is 0 Å². The first kappa shape index (κ1) is 22.9. The zero-order chi connectivity index (χ0) is 24.6. The largest absolute Gasteiger partial charge is 0.382 e. The first-order valence-electron chi connectivity index (χ1n) is 10.3. The van der Waals surface area contributed by atoms with E-state index >= 15 is 0 Å². The number of anilines is 3. The lowest BCUT2D eigenvalue weighted by Crippen LogP contribution is -2.26. The van der Waals surface area contributed by atoms with Gasteiger partial charge in [-0.05, 0) is 49.2 Å². The minimum atomic E-state index is -0.368. The van der Waals surface area contributed by atoms with Crippen LogP contribution >= 0.6 is 11.6 Å². The zero-order valence-corrected chi connectivity index (χ0v) is 19.1. The van der Waals surface area contributed by atoms with E-state index in [-0.39, 0.29) is 57.9 Å². The molecule has 0 bridgehead atoms. The molecule has 4 aromatic rings. The fourth-order valence-corrected chi connectivity index (χ4v) is 3.94. The van der Waals surface area contributed by atoms with E-state index < -0.39 is 0 Å². The normalized spacial score (nSPS) is 10.9. The molecule has 0 atom stereocenters. The monoisotopic (exact) mass is 478 g/mol. The lowest BCUT2D eigenvalue weighted by molar-refractivity contribution is 0.615. The molecule has 2 aromatic heterocycles. The van der Waals surface area contributed by atoms with Crippen molar-refractivity contribution in [2.24, 2.45) is 0 Å². The summed E-state index contributed by atoms with van der Waals surface area (Å²) in [7, 11) is 0. The predicted molar refractivity (Wildman–Crippen MR) is 130 cm³/mol. The van der Waals surface area contributed by atoms with Gasteiger partial charge in [-0.1, -0.05) is 17.7 Å². The Bertz CT molecular complexity index is 1540. The van der Waals surface area contributed by atoms with Crippen molar-refractivity contribution in [3.05, 3.63) is 74.0 Å². The molecule has 0 amide bonds. The molecule has 9 nitrogen and oxygen atoms in total. The molecule has 2 heterocycles. The molecule has 0 aliphatic carbocycles. The second kappa shape index (κ2) is 8.96. The van der Waals surface area contributed by atoms with Crippen molar-refractivity contribution in [2.75, 3.05) is 23.3 Å². The SMILES string of the molecule is Cc1c(F)ccc(-n2c(CCNc3nc(N)nc(N)c3C#N)nc3cccc(Cl)c3c2=O)c1C. The summed E-state index contributed by atoms with van der Waals surface area (Å²) < 4.78 is 15.6. The number of hydrogen-bond donors (Lipinski definition) is 3. The molecule has 0 aliphatic heterocycles. The van der Waals surface area contributed by atoms with E-state index in [4.69, 9.17) is 23.1 Å². The Morgan fingerprint density at radius 1 is 1.15 bits per heavy atom. The van der Waals surface area contributed by atoms with Crippen molar-refractivity contribution >= 4 is 40.1 Å². The second-order valence-electron chi connectivity index (χ2n) is 7.60. The van der Waals surface area contributed by atoms with Crippen LogP contribution in [-0.4, -0.2) is 26.1 Å². The standard InChI is InChI=1S/C23H20ClFN8O/c1-11-12(2)17(7-6-15(11)25)33-18(30-16-5-3-4-14(24)19(16)22(33)34)8-9-29-21-13(10-26)20(27)31-23(28)32-21/h3-7H,8-9H2,1-2H3,(H5,27,28,29,31,32). The van der Waals surface area contributed by atoms with Gasteiger partial charge in [-0.3, -0.25) is 9.36 Å². The van der Waals surface area contributed by atoms with Crippen LogP contribution in [0.2, 0.25) is 5.02 Å². The summed E-state index contributed by atoms with van der Waals surface area (Å²) in [5.41, 5.74) is 13.1. The number of fused-ring (bicyclic) bond motifs is 1. The van der Waals surface area contributed by atoms with Gasteiger partial charge in [0.15, 0.2) is 5.82 Å². The summed E-state index contributed by atoms with van der Waals surface area (Å²) >= 11 is 6.32. The second-order valence-corrected chi connectivity index (χ2v) is 8.01. The van der Waals surface area contributed by atoms with Gasteiger partial charge >= 0.3 is 0 Å². The lowest BCUT2D eigenvalue weighted by atomic mass is 10.1. The van der Waals surface area contributed by atoms with Gasteiger partial charge in [0.25, 0.3) is 5.56 Å². The molecule has 34 heavy (non-hydrogen) atoms. The third-order valence-corrected chi connectivity index (χ3v) is 5.87. The molecular weight excluding hydrogens is 459 g/mol. The molecule has 0 fully saturated rings. The summed E-state index contributed by atoms with van der Waals surface area (Å²) in [6.07, 6.45) is 0.252. The molecule has 0 saturated carbocycles. The Morgan fingerprint density at radius 3 is 2.65 bits per heavy atom. The topological polar surface area (TPSA) is 149 Å². The Kier molecular flexibility index (Phi) is 6.04. The third kappa shape index (κ3) is 3.97. The highest BCUT2D eigenvalue weighted by Crippen LogP contribution is 2.24. The molecule has 0 radical (unpaired) electrons. The number of hydrogen-bond acceptors (Lipinski definition) is 8. The highest BCUT2D eigenvalue weighted by molar-refractivity contribution is 6.35. The van der Waals surface area contributed by atoms with Crippen LogP contribution in [0.1, 0.15) is 22.5 Å². The van der Waals surface area contributed by atoms with Crippen LogP contribution in [0.15, 0.2) is 35.1 Å². The first-order valence-corrected chi connectivity index (χ1v) is 10.6. The molecule has 0 spiro atoms. The number of nitrogen functional groups attached to an aromatic ring is 2. The van der Waals surface area contributed by atoms with E-state index in [0.717, 1.165) is 0 Å². The minimum absolute atomic E-state index is 0.0368. The van der Waals surface area contributed by atoms with Gasteiger partial charge in [0.1, 0.15) is 29.1 Å². The predicted octanol–water partition coefficient (Wildman–Crippen LogP) is 3.28. The van der Waals surface area contributed by atoms with Crippen LogP contribution in [0.25, 0.3) is 16.6 Å². The third-order valence-electron chi connectivity index (χ3n) is 5.56. The van der Waals surface area contributed by atoms with E-state index in [1.54, 1.807) is 38.1 Å². The van der Waals surface area contributed by atoms with Crippen molar-refractivity contribution in [3.8, 4) is 11.8 Å². The van der Waals surface area contributed by atoms with Crippen LogP contribution in [0.3, 0.4) is 0 Å². The number of nitrogens with one attached hydrogen (secondary N) is 1. The first-order chi connectivity index (χ1) is 16.2. The summed E-state index contributed by atoms with van der Waals surface area (Å²) in [5.74, 6) is 0.110. The van der Waals surface area contributed by atoms with Crippen molar-refractivity contribution in [3.63, 3.8) is 0 Å². The van der Waals surface area contributed by atoms with Gasteiger partial charge in [-0.2, -0.15) is 15.2 Å². The van der Waals surface area contributed by atoms with Crippen LogP contribution < -0.4 is 22.3 Å². The van der Waals surface area contributed by atoms with E-state index in [1.807, 2.05) is 6.07 Å². The Balaban J connectivity index is 1.82. The van der Waals surface area contributed by atoms with Crippen LogP contribution in [-0.2, 0) is 6.42 Å². The van der Waals surface area contributed by atoms with Crippen LogP contribution in [0.5, 0.6) is 0 Å². The van der Waals surface area contributed by atoms with E-state index in [2.05, 4.69) is 20.3 Å². The Hall–Kier alpha value is -4.23. The summed E-state index contributed by atoms with van der Waals surface area (Å²) in [5, 5.41) is 12.9. The van der Waals surface area contributed by atoms with Gasteiger partial charge in [-0.25, -0.2) is 9.37 Å². The molecule has 11 heteroatoms. The number of nitrogens with zero attached hydrogens (tertiary/aromatic N) is 5. The van der Waals surface area contributed by atoms with Crippen molar-refractivity contribution in [2.45, 2.75) is 20.3 Å². The average molecular weight is 479 g/mol. The molecule has 172 valence electrons. The molecule has 2 aromatic carbocycles. The quantitative estimate of drug-likeness (QED) is 0.395.